The summed E-state index contributed by atoms with van der Waals surface area (Å²) in [6.45, 7) is 53.3. The van der Waals surface area contributed by atoms with Gasteiger partial charge in [-0.25, -0.2) is 14.4 Å². The number of amides is 4. The highest BCUT2D eigenvalue weighted by molar-refractivity contribution is 9.10. The van der Waals surface area contributed by atoms with Gasteiger partial charge in [0, 0.05) is 119 Å². The lowest BCUT2D eigenvalue weighted by Crippen LogP contribution is -2.42. The van der Waals surface area contributed by atoms with Crippen molar-refractivity contribution in [1.82, 2.24) is 24.9 Å². The summed E-state index contributed by atoms with van der Waals surface area (Å²) in [7, 11) is -1.71. The Morgan fingerprint density at radius 1 is 0.438 bits per heavy atom. The van der Waals surface area contributed by atoms with Crippen molar-refractivity contribution in [2.24, 2.45) is 5.41 Å². The van der Waals surface area contributed by atoms with Gasteiger partial charge in [0.1, 0.15) is 23.4 Å². The molecule has 121 heavy (non-hydrogen) atoms. The van der Waals surface area contributed by atoms with Crippen LogP contribution in [0.1, 0.15) is 196 Å². The van der Waals surface area contributed by atoms with Crippen LogP contribution in [-0.2, 0) is 107 Å². The van der Waals surface area contributed by atoms with Crippen LogP contribution in [-0.4, -0.2) is 199 Å². The maximum Gasteiger partial charge on any atom is 0.471 e. The molecule has 4 amide bonds. The number of esters is 1. The summed E-state index contributed by atoms with van der Waals surface area (Å²) in [5.74, 6) is 0.542. The van der Waals surface area contributed by atoms with Gasteiger partial charge >= 0.3 is 36.3 Å². The van der Waals surface area contributed by atoms with Crippen molar-refractivity contribution in [1.29, 1.82) is 0 Å². The molecule has 5 aliphatic rings. The lowest BCUT2D eigenvalue weighted by atomic mass is 9.97. The summed E-state index contributed by atoms with van der Waals surface area (Å²) in [6, 6.07) is 21.0. The van der Waals surface area contributed by atoms with Crippen molar-refractivity contribution in [3.05, 3.63) is 143 Å². The molecule has 18 nitrogen and oxygen atoms in total. The van der Waals surface area contributed by atoms with Crippen LogP contribution in [0.25, 0.3) is 0 Å². The molecule has 0 saturated carbocycles. The third-order valence-electron chi connectivity index (χ3n) is 20.9. The average molecular weight is 1880 g/mol. The van der Waals surface area contributed by atoms with Crippen molar-refractivity contribution in [3.8, 4) is 0 Å². The van der Waals surface area contributed by atoms with E-state index in [-0.39, 0.29) is 71.6 Å². The third-order valence-corrected chi connectivity index (χ3v) is 32.0. The highest BCUT2D eigenvalue weighted by atomic mass is 79.9. The summed E-state index contributed by atoms with van der Waals surface area (Å²) in [6.07, 6.45) is 2.26. The van der Waals surface area contributed by atoms with E-state index in [9.17, 15) is 46.7 Å². The van der Waals surface area contributed by atoms with Crippen LogP contribution in [0.15, 0.2) is 89.6 Å². The molecule has 0 radical (unpaired) electrons. The van der Waals surface area contributed by atoms with E-state index in [4.69, 9.17) is 28.5 Å². The number of benzene rings is 5. The second-order valence-electron chi connectivity index (χ2n) is 36.3. The van der Waals surface area contributed by atoms with Gasteiger partial charge in [-0.1, -0.05) is 98.9 Å². The van der Waals surface area contributed by atoms with Gasteiger partial charge in [0.25, 0.3) is 0 Å². The Bertz CT molecular complexity index is 4370. The fraction of sp³-hybridized carbons (Fsp3) is 0.598. The summed E-state index contributed by atoms with van der Waals surface area (Å²) in [5, 5.41) is 12.8. The highest BCUT2D eigenvalue weighted by Gasteiger charge is 2.43. The Balaban J connectivity index is 0.000000270. The summed E-state index contributed by atoms with van der Waals surface area (Å²) in [5.41, 5.74) is 15.7. The second kappa shape index (κ2) is 47.4. The van der Waals surface area contributed by atoms with E-state index in [0.717, 1.165) is 130 Å². The SMILES string of the molecule is CC(=O)Sc1c(Br)ccc2c1CCN(C(=O)C(F)(F)F)CC2.CC(=O)Sc1c(C)ccc2c1CCN(C(=O)OC(C)(C)C)CC2.Cc1ccc2c(c1SCCO)CCN(C(=O)OC(C)(C)C)CC2.Cc1ccc2c(c1SCCOC(=O)C(C)(C)C)CCNCC2.Cc1ccc2c(c1SCCO[Si](C)(C)C(C)(C)C)CCN(C(=O)OC(C)(C)C)CC2.Cl. The standard InChI is InChI=1S/C24H41NO3SSi.C18H25NO3S.C18H27NO3S.C18H27NO2S.C14H13BrF3NO2S.ClH/c1-18-10-11-19-12-14-25(22(26)28-23(2,3)4)15-13-20(19)21(18)29-17-16-27-30(8,9)24(5,6)7;1-12-6-7-14-8-10-19(17(21)22-18(3,4)5)11-9-15(14)16(12)23-13(2)20;1-13-5-6-14-7-9-19(17(21)22-18(2,3)4)10-8-15(14)16(13)23-12-11-20;1-13-5-6-14-7-9-19-10-8-15(14)16(13)22-12-11-21-17(20)18(2,3)4;1-8(20)22-12-10-5-7-19(13(21)14(16,17)18)6-4-9(10)2-3-11(12)15;/h10-11H,12-17H2,1-9H3;6-7H,8-11H2,1-5H3;5-6,20H,7-12H2,1-4H3;5-6,19H,7-12H2,1-4H3;2-3H,4-7H2,1H3;1H. The third kappa shape index (κ3) is 34.0. The molecule has 5 aliphatic heterocycles. The first-order valence-corrected chi connectivity index (χ1v) is 50.0. The van der Waals surface area contributed by atoms with E-state index in [1.54, 1.807) is 34.6 Å². The predicted octanol–water partition coefficient (Wildman–Crippen LogP) is 21.2. The molecule has 29 heteroatoms. The van der Waals surface area contributed by atoms with E-state index in [0.29, 0.717) is 64.5 Å². The minimum absolute atomic E-state index is 0. The van der Waals surface area contributed by atoms with Gasteiger partial charge in [-0.2, -0.15) is 13.2 Å². The molecule has 674 valence electrons. The van der Waals surface area contributed by atoms with Gasteiger partial charge in [0.15, 0.2) is 18.5 Å². The molecule has 0 saturated heterocycles. The van der Waals surface area contributed by atoms with E-state index < -0.39 is 42.6 Å². The Morgan fingerprint density at radius 2 is 0.752 bits per heavy atom. The van der Waals surface area contributed by atoms with Crippen molar-refractivity contribution in [2.45, 2.75) is 275 Å². The second-order valence-corrected chi connectivity index (χ2v) is 47.7. The summed E-state index contributed by atoms with van der Waals surface area (Å²) >= 11 is 11.1. The molecular formula is C92H134BrClF3N5O13S5Si. The number of thioether (sulfide) groups is 5. The number of carbonyl (C=O) groups excluding carboxylic acids is 7. The van der Waals surface area contributed by atoms with Gasteiger partial charge in [-0.05, 0) is 306 Å². The first-order valence-electron chi connectivity index (χ1n) is 41.7. The Labute approximate surface area is 756 Å². The number of hydrogen-bond acceptors (Lipinski definition) is 19. The first-order chi connectivity index (χ1) is 55.8. The number of nitrogens with one attached hydrogen (secondary N) is 1. The number of aliphatic hydroxyl groups excluding tert-OH is 1. The molecule has 5 aromatic carbocycles. The largest absolute Gasteiger partial charge is 0.471 e. The zero-order valence-electron chi connectivity index (χ0n) is 75.8. The van der Waals surface area contributed by atoms with Crippen LogP contribution in [0.2, 0.25) is 18.1 Å². The number of halogens is 5. The average Bonchev–Trinajstić information content (AvgIpc) is 1.69. The number of hydrogen-bond donors (Lipinski definition) is 2. The van der Waals surface area contributed by atoms with Gasteiger partial charge in [0.05, 0.1) is 12.0 Å². The van der Waals surface area contributed by atoms with E-state index >= 15 is 0 Å². The molecule has 5 aromatic rings. The maximum absolute atomic E-state index is 12.6. The van der Waals surface area contributed by atoms with E-state index in [1.807, 2.05) is 124 Å². The normalized spacial score (nSPS) is 15.1. The van der Waals surface area contributed by atoms with E-state index in [1.165, 1.54) is 94.6 Å². The summed E-state index contributed by atoms with van der Waals surface area (Å²) < 4.78 is 66.7. The van der Waals surface area contributed by atoms with Crippen molar-refractivity contribution >= 4 is 136 Å². The molecule has 0 bridgehead atoms. The highest BCUT2D eigenvalue weighted by Crippen LogP contribution is 2.41. The topological polar surface area (TPSA) is 211 Å². The fourth-order valence-corrected chi connectivity index (χ4v) is 20.3. The Morgan fingerprint density at radius 3 is 1.12 bits per heavy atom. The first kappa shape index (κ1) is 106. The molecular weight excluding hydrogens is 1740 g/mol. The van der Waals surface area contributed by atoms with Crippen LogP contribution in [0.4, 0.5) is 27.6 Å². The van der Waals surface area contributed by atoms with Gasteiger partial charge < -0.3 is 53.4 Å². The van der Waals surface area contributed by atoms with Crippen LogP contribution < -0.4 is 5.32 Å². The Kier molecular flexibility index (Phi) is 41.6. The molecule has 5 heterocycles. The number of fused-ring (bicyclic) bond motifs is 5. The molecule has 0 atom stereocenters. The maximum atomic E-state index is 12.6. The smallest absolute Gasteiger partial charge is 0.464 e. The monoisotopic (exact) mass is 1880 g/mol. The number of alkyl halides is 3. The lowest BCUT2D eigenvalue weighted by Gasteiger charge is -2.36. The predicted molar refractivity (Wildman–Crippen MR) is 498 cm³/mol. The molecule has 0 aromatic heterocycles. The van der Waals surface area contributed by atoms with Crippen LogP contribution in [0, 0.1) is 33.1 Å². The van der Waals surface area contributed by atoms with Gasteiger partial charge in [0.2, 0.25) is 0 Å². The van der Waals surface area contributed by atoms with Crippen molar-refractivity contribution < 1.29 is 75.2 Å². The number of aliphatic hydroxyl groups is 1. The Hall–Kier alpha value is -5.40. The van der Waals surface area contributed by atoms with Crippen LogP contribution in [0.3, 0.4) is 0 Å². The minimum Gasteiger partial charge on any atom is -0.464 e. The number of rotatable bonds is 14. The van der Waals surface area contributed by atoms with E-state index in [2.05, 4.69) is 124 Å². The zero-order valence-corrected chi connectivity index (χ0v) is 83.2. The lowest BCUT2D eigenvalue weighted by molar-refractivity contribution is -0.185. The quantitative estimate of drug-likeness (QED) is 0.0348. The van der Waals surface area contributed by atoms with Crippen molar-refractivity contribution in [2.75, 3.05) is 103 Å². The summed E-state index contributed by atoms with van der Waals surface area (Å²) in [4.78, 5) is 95.3. The van der Waals surface area contributed by atoms with Gasteiger partial charge in [-0.15, -0.1) is 47.7 Å². The molecule has 0 aliphatic carbocycles. The fourth-order valence-electron chi connectivity index (χ4n) is 13.7. The number of carbonyl (C=O) groups is 7. The molecule has 2 N–H and O–H groups in total. The van der Waals surface area contributed by atoms with Gasteiger partial charge in [-0.3, -0.25) is 19.2 Å². The molecule has 0 fully saturated rings. The number of nitrogens with zero attached hydrogens (tertiary/aromatic N) is 4. The molecule has 0 spiro atoms. The van der Waals surface area contributed by atoms with Crippen LogP contribution >= 0.6 is 87.1 Å². The van der Waals surface area contributed by atoms with Crippen LogP contribution in [0.5, 0.6) is 0 Å². The number of aryl methyl sites for hydroxylation is 4. The number of ether oxygens (including phenoxy) is 4. The molecule has 0 unspecified atom stereocenters. The minimum atomic E-state index is -4.85. The van der Waals surface area contributed by atoms with Crippen molar-refractivity contribution in [3.63, 3.8) is 0 Å². The molecule has 10 rings (SSSR count). The zero-order chi connectivity index (χ0) is 89.6.